The molecule has 0 unspecified atom stereocenters. The van der Waals surface area contributed by atoms with Crippen LogP contribution in [0.3, 0.4) is 0 Å². The highest BCUT2D eigenvalue weighted by Crippen LogP contribution is 2.38. The predicted molar refractivity (Wildman–Crippen MR) is 66.6 cm³/mol. The van der Waals surface area contributed by atoms with Gasteiger partial charge in [0.25, 0.3) is 0 Å². The maximum Gasteiger partial charge on any atom is 0.168 e. The molecule has 2 rings (SSSR count). The molecule has 0 bridgehead atoms. The second-order valence-corrected chi connectivity index (χ2v) is 3.71. The Morgan fingerprint density at radius 1 is 1.06 bits per heavy atom. The Morgan fingerprint density at radius 3 is 2.44 bits per heavy atom. The maximum atomic E-state index is 13.0. The third kappa shape index (κ3) is 2.09. The summed E-state index contributed by atoms with van der Waals surface area (Å²) >= 11 is 0. The topological polar surface area (TPSA) is 38.7 Å². The van der Waals surface area contributed by atoms with E-state index in [0.29, 0.717) is 17.1 Å². The first-order valence-corrected chi connectivity index (χ1v) is 5.37. The lowest BCUT2D eigenvalue weighted by Crippen LogP contribution is -1.93. The van der Waals surface area contributed by atoms with Gasteiger partial charge in [-0.2, -0.15) is 0 Å². The number of methoxy groups -OCH3 is 2. The number of benzene rings is 2. The van der Waals surface area contributed by atoms with E-state index in [1.165, 1.54) is 19.2 Å². The third-order valence-electron chi connectivity index (χ3n) is 2.66. The zero-order valence-electron chi connectivity index (χ0n) is 10.1. The van der Waals surface area contributed by atoms with Gasteiger partial charge in [0.15, 0.2) is 23.1 Å². The molecule has 0 saturated heterocycles. The lowest BCUT2D eigenvalue weighted by atomic mass is 10.0. The van der Waals surface area contributed by atoms with Gasteiger partial charge in [0.1, 0.15) is 0 Å². The van der Waals surface area contributed by atoms with Crippen molar-refractivity contribution in [2.24, 2.45) is 0 Å². The van der Waals surface area contributed by atoms with E-state index >= 15 is 0 Å². The van der Waals surface area contributed by atoms with Crippen LogP contribution in [-0.2, 0) is 0 Å². The first-order valence-electron chi connectivity index (χ1n) is 5.37. The van der Waals surface area contributed by atoms with Gasteiger partial charge < -0.3 is 14.6 Å². The van der Waals surface area contributed by atoms with Crippen molar-refractivity contribution in [2.45, 2.75) is 0 Å². The second kappa shape index (κ2) is 4.96. The average molecular weight is 248 g/mol. The summed E-state index contributed by atoms with van der Waals surface area (Å²) < 4.78 is 23.5. The molecule has 4 heteroatoms. The van der Waals surface area contributed by atoms with Crippen LogP contribution in [-0.4, -0.2) is 19.3 Å². The molecule has 3 nitrogen and oxygen atoms in total. The highest BCUT2D eigenvalue weighted by Gasteiger charge is 2.12. The highest BCUT2D eigenvalue weighted by atomic mass is 19.1. The monoisotopic (exact) mass is 248 g/mol. The summed E-state index contributed by atoms with van der Waals surface area (Å²) in [6.45, 7) is 0. The van der Waals surface area contributed by atoms with Crippen molar-refractivity contribution in [1.29, 1.82) is 0 Å². The zero-order valence-corrected chi connectivity index (χ0v) is 10.1. The summed E-state index contributed by atoms with van der Waals surface area (Å²) in [6.07, 6.45) is 0. The molecule has 2 aromatic carbocycles. The molecule has 0 heterocycles. The van der Waals surface area contributed by atoms with E-state index in [9.17, 15) is 9.50 Å². The van der Waals surface area contributed by atoms with E-state index in [-0.39, 0.29) is 0 Å². The van der Waals surface area contributed by atoms with Crippen LogP contribution in [0, 0.1) is 5.82 Å². The summed E-state index contributed by atoms with van der Waals surface area (Å²) in [6, 6.07) is 9.53. The number of phenols is 1. The zero-order chi connectivity index (χ0) is 13.1. The smallest absolute Gasteiger partial charge is 0.168 e. The van der Waals surface area contributed by atoms with Gasteiger partial charge in [0.05, 0.1) is 14.2 Å². The molecule has 1 N–H and O–H groups in total. The molecule has 0 saturated carbocycles. The minimum atomic E-state index is -0.652. The van der Waals surface area contributed by atoms with Gasteiger partial charge in [-0.25, -0.2) is 4.39 Å². The number of hydrogen-bond donors (Lipinski definition) is 1. The van der Waals surface area contributed by atoms with E-state index in [2.05, 4.69) is 0 Å². The minimum absolute atomic E-state index is 0.391. The van der Waals surface area contributed by atoms with Crippen LogP contribution in [0.5, 0.6) is 17.2 Å². The summed E-state index contributed by atoms with van der Waals surface area (Å²) in [5, 5.41) is 9.40. The first kappa shape index (κ1) is 12.2. The largest absolute Gasteiger partial charge is 0.505 e. The number of para-hydroxylation sites is 1. The fourth-order valence-electron chi connectivity index (χ4n) is 1.79. The van der Waals surface area contributed by atoms with Crippen molar-refractivity contribution in [1.82, 2.24) is 0 Å². The van der Waals surface area contributed by atoms with Gasteiger partial charge in [0, 0.05) is 5.56 Å². The molecule has 0 aliphatic rings. The van der Waals surface area contributed by atoms with Crippen LogP contribution in [0.25, 0.3) is 11.1 Å². The number of ether oxygens (including phenoxy) is 2. The highest BCUT2D eigenvalue weighted by molar-refractivity contribution is 5.74. The predicted octanol–water partition coefficient (Wildman–Crippen LogP) is 3.22. The molecule has 0 fully saturated rings. The van der Waals surface area contributed by atoms with E-state index in [0.717, 1.165) is 5.56 Å². The quantitative estimate of drug-likeness (QED) is 0.906. The van der Waals surface area contributed by atoms with Gasteiger partial charge in [-0.1, -0.05) is 18.2 Å². The number of aromatic hydroxyl groups is 1. The lowest BCUT2D eigenvalue weighted by molar-refractivity contribution is 0.356. The Labute approximate surface area is 104 Å². The number of rotatable bonds is 3. The first-order chi connectivity index (χ1) is 8.67. The standard InChI is InChI=1S/C14H13FO3/c1-17-13-5-3-4-10(14(13)18-2)9-6-7-11(15)12(16)8-9/h3-8,16H,1-2H3. The van der Waals surface area contributed by atoms with E-state index in [1.54, 1.807) is 25.3 Å². The van der Waals surface area contributed by atoms with E-state index in [1.807, 2.05) is 6.07 Å². The van der Waals surface area contributed by atoms with E-state index in [4.69, 9.17) is 9.47 Å². The molecule has 0 radical (unpaired) electrons. The Morgan fingerprint density at radius 2 is 1.83 bits per heavy atom. The second-order valence-electron chi connectivity index (χ2n) is 3.71. The molecule has 0 amide bonds. The van der Waals surface area contributed by atoms with Gasteiger partial charge >= 0.3 is 0 Å². The molecule has 0 aliphatic heterocycles. The van der Waals surface area contributed by atoms with Gasteiger partial charge in [-0.3, -0.25) is 0 Å². The Balaban J connectivity index is 2.59. The molecular formula is C14H13FO3. The van der Waals surface area contributed by atoms with Crippen molar-refractivity contribution < 1.29 is 19.0 Å². The summed E-state index contributed by atoms with van der Waals surface area (Å²) in [5.74, 6) is 0.0859. The summed E-state index contributed by atoms with van der Waals surface area (Å²) in [5.41, 5.74) is 1.39. The van der Waals surface area contributed by atoms with Crippen molar-refractivity contribution in [3.8, 4) is 28.4 Å². The van der Waals surface area contributed by atoms with Crippen molar-refractivity contribution in [3.05, 3.63) is 42.2 Å². The fraction of sp³-hybridized carbons (Fsp3) is 0.143. The number of phenolic OH excluding ortho intramolecular Hbond substituents is 1. The molecule has 0 aromatic heterocycles. The van der Waals surface area contributed by atoms with Crippen LogP contribution < -0.4 is 9.47 Å². The fourth-order valence-corrected chi connectivity index (χ4v) is 1.79. The van der Waals surface area contributed by atoms with Crippen molar-refractivity contribution in [3.63, 3.8) is 0 Å². The Kier molecular flexibility index (Phi) is 3.37. The molecular weight excluding hydrogens is 235 g/mol. The van der Waals surface area contributed by atoms with Gasteiger partial charge in [-0.15, -0.1) is 0 Å². The summed E-state index contributed by atoms with van der Waals surface area (Å²) in [4.78, 5) is 0. The van der Waals surface area contributed by atoms with Gasteiger partial charge in [-0.05, 0) is 23.8 Å². The molecule has 2 aromatic rings. The number of hydrogen-bond acceptors (Lipinski definition) is 3. The molecule has 0 atom stereocenters. The van der Waals surface area contributed by atoms with E-state index < -0.39 is 11.6 Å². The normalized spacial score (nSPS) is 10.2. The molecule has 18 heavy (non-hydrogen) atoms. The molecule has 0 aliphatic carbocycles. The van der Waals surface area contributed by atoms with Gasteiger partial charge in [0.2, 0.25) is 0 Å². The number of halogens is 1. The molecule has 94 valence electrons. The average Bonchev–Trinajstić information content (AvgIpc) is 2.40. The SMILES string of the molecule is COc1cccc(-c2ccc(F)c(O)c2)c1OC. The van der Waals surface area contributed by atoms with Crippen molar-refractivity contribution in [2.75, 3.05) is 14.2 Å². The van der Waals surface area contributed by atoms with Crippen LogP contribution in [0.2, 0.25) is 0 Å². The van der Waals surface area contributed by atoms with Crippen molar-refractivity contribution >= 4 is 0 Å². The van der Waals surface area contributed by atoms with Crippen LogP contribution in [0.4, 0.5) is 4.39 Å². The Bertz CT molecular complexity index is 567. The van der Waals surface area contributed by atoms with Crippen LogP contribution >= 0.6 is 0 Å². The van der Waals surface area contributed by atoms with Crippen LogP contribution in [0.15, 0.2) is 36.4 Å². The van der Waals surface area contributed by atoms with Crippen LogP contribution in [0.1, 0.15) is 0 Å². The Hall–Kier alpha value is -2.23. The summed E-state index contributed by atoms with van der Waals surface area (Å²) in [7, 11) is 3.08. The molecule has 0 spiro atoms. The third-order valence-corrected chi connectivity index (χ3v) is 2.66. The lowest BCUT2D eigenvalue weighted by Gasteiger charge is -2.12. The minimum Gasteiger partial charge on any atom is -0.505 e. The maximum absolute atomic E-state index is 13.0.